The average Bonchev–Trinajstić information content (AvgIpc) is 2.62. The maximum Gasteiger partial charge on any atom is 0.405 e. The topological polar surface area (TPSA) is 43.1 Å². The number of carbonyl (C=O) groups is 1. The van der Waals surface area contributed by atoms with Gasteiger partial charge in [-0.2, -0.15) is 4.57 Å². The Morgan fingerprint density at radius 2 is 1.83 bits per heavy atom. The van der Waals surface area contributed by atoms with E-state index in [2.05, 4.69) is 11.9 Å². The minimum absolute atomic E-state index is 0.299. The van der Waals surface area contributed by atoms with Gasteiger partial charge in [0, 0.05) is 5.56 Å². The zero-order valence-electron chi connectivity index (χ0n) is 14.5. The second-order valence-electron chi connectivity index (χ2n) is 5.98. The standard InChI is InChI=1S/C20H27N2O2/c1-2-3-4-5-6-10-15-24-20(23)19-16-21-13-14-22(19)17-18-11-8-7-9-12-18/h7-9,11-14,16H,2-6,10,15,17H2,1H3/q+1. The van der Waals surface area contributed by atoms with Gasteiger partial charge < -0.3 is 4.74 Å². The number of aromatic nitrogens is 2. The van der Waals surface area contributed by atoms with Gasteiger partial charge >= 0.3 is 11.7 Å². The Bertz CT molecular complexity index is 614. The third-order valence-corrected chi connectivity index (χ3v) is 3.97. The summed E-state index contributed by atoms with van der Waals surface area (Å²) in [5.41, 5.74) is 1.63. The van der Waals surface area contributed by atoms with Crippen molar-refractivity contribution >= 4 is 5.97 Å². The molecule has 4 heteroatoms. The van der Waals surface area contributed by atoms with Crippen molar-refractivity contribution in [3.05, 3.63) is 60.2 Å². The maximum absolute atomic E-state index is 12.3. The van der Waals surface area contributed by atoms with E-state index in [1.165, 1.54) is 25.7 Å². The molecule has 1 aromatic heterocycles. The highest BCUT2D eigenvalue weighted by molar-refractivity contribution is 5.85. The second-order valence-corrected chi connectivity index (χ2v) is 5.98. The van der Waals surface area contributed by atoms with Crippen LogP contribution >= 0.6 is 0 Å². The summed E-state index contributed by atoms with van der Waals surface area (Å²) in [6, 6.07) is 10.1. The Labute approximate surface area is 144 Å². The first-order valence-corrected chi connectivity index (χ1v) is 8.85. The lowest BCUT2D eigenvalue weighted by atomic mass is 10.1. The minimum Gasteiger partial charge on any atom is -0.458 e. The van der Waals surface area contributed by atoms with Crippen molar-refractivity contribution in [2.75, 3.05) is 6.61 Å². The van der Waals surface area contributed by atoms with Crippen molar-refractivity contribution in [3.8, 4) is 0 Å². The van der Waals surface area contributed by atoms with Crippen LogP contribution in [0.1, 0.15) is 61.5 Å². The molecule has 0 aliphatic carbocycles. The molecule has 4 nitrogen and oxygen atoms in total. The molecule has 0 bridgehead atoms. The van der Waals surface area contributed by atoms with Crippen LogP contribution in [-0.4, -0.2) is 17.6 Å². The van der Waals surface area contributed by atoms with Crippen LogP contribution in [-0.2, 0) is 11.3 Å². The van der Waals surface area contributed by atoms with Crippen LogP contribution in [0.4, 0.5) is 0 Å². The molecule has 0 amide bonds. The summed E-state index contributed by atoms with van der Waals surface area (Å²) in [6.45, 7) is 3.32. The van der Waals surface area contributed by atoms with Gasteiger partial charge in [0.2, 0.25) is 0 Å². The predicted octanol–water partition coefficient (Wildman–Crippen LogP) is 3.93. The zero-order valence-corrected chi connectivity index (χ0v) is 14.5. The van der Waals surface area contributed by atoms with Crippen molar-refractivity contribution in [1.29, 1.82) is 0 Å². The highest BCUT2D eigenvalue weighted by Gasteiger charge is 2.21. The molecule has 2 aromatic rings. The van der Waals surface area contributed by atoms with Crippen LogP contribution < -0.4 is 4.57 Å². The first-order valence-electron chi connectivity index (χ1n) is 8.85. The molecule has 24 heavy (non-hydrogen) atoms. The summed E-state index contributed by atoms with van der Waals surface area (Å²) in [7, 11) is 0. The lowest BCUT2D eigenvalue weighted by Gasteiger charge is -2.05. The normalized spacial score (nSPS) is 10.5. The van der Waals surface area contributed by atoms with Crippen molar-refractivity contribution in [2.45, 2.75) is 52.0 Å². The molecule has 0 aliphatic heterocycles. The van der Waals surface area contributed by atoms with Crippen molar-refractivity contribution in [2.24, 2.45) is 0 Å². The van der Waals surface area contributed by atoms with Crippen LogP contribution in [0.3, 0.4) is 0 Å². The van der Waals surface area contributed by atoms with Gasteiger partial charge in [-0.3, -0.25) is 4.98 Å². The van der Waals surface area contributed by atoms with Gasteiger partial charge in [-0.05, 0) is 6.42 Å². The minimum atomic E-state index is -0.299. The van der Waals surface area contributed by atoms with Gasteiger partial charge in [-0.15, -0.1) is 0 Å². The molecule has 0 radical (unpaired) electrons. The SMILES string of the molecule is CCCCCCCCOC(=O)c1cncc[n+]1Cc1ccccc1. The molecule has 0 spiro atoms. The summed E-state index contributed by atoms with van der Waals surface area (Å²) in [6.07, 6.45) is 12.1. The summed E-state index contributed by atoms with van der Waals surface area (Å²) >= 11 is 0. The number of esters is 1. The summed E-state index contributed by atoms with van der Waals surface area (Å²) < 4.78 is 7.29. The van der Waals surface area contributed by atoms with Crippen LogP contribution in [0.15, 0.2) is 48.9 Å². The third-order valence-electron chi connectivity index (χ3n) is 3.97. The molecule has 0 saturated heterocycles. The molecule has 0 saturated carbocycles. The van der Waals surface area contributed by atoms with E-state index in [4.69, 9.17) is 4.74 Å². The summed E-state index contributed by atoms with van der Waals surface area (Å²) in [5, 5.41) is 0. The number of benzene rings is 1. The number of hydrogen-bond acceptors (Lipinski definition) is 3. The summed E-state index contributed by atoms with van der Waals surface area (Å²) in [4.78, 5) is 16.4. The lowest BCUT2D eigenvalue weighted by Crippen LogP contribution is -2.41. The van der Waals surface area contributed by atoms with Gasteiger partial charge in [0.15, 0.2) is 12.7 Å². The van der Waals surface area contributed by atoms with E-state index >= 15 is 0 Å². The predicted molar refractivity (Wildman–Crippen MR) is 93.6 cm³/mol. The van der Waals surface area contributed by atoms with Crippen molar-refractivity contribution in [3.63, 3.8) is 0 Å². The fourth-order valence-electron chi connectivity index (χ4n) is 2.60. The molecule has 0 atom stereocenters. The number of rotatable bonds is 10. The molecule has 1 heterocycles. The largest absolute Gasteiger partial charge is 0.458 e. The Hall–Kier alpha value is -2.23. The van der Waals surface area contributed by atoms with Gasteiger partial charge in [0.1, 0.15) is 6.20 Å². The van der Waals surface area contributed by atoms with E-state index in [0.717, 1.165) is 18.4 Å². The Balaban J connectivity index is 1.83. The van der Waals surface area contributed by atoms with Gasteiger partial charge in [-0.25, -0.2) is 4.79 Å². The van der Waals surface area contributed by atoms with Crippen LogP contribution in [0.25, 0.3) is 0 Å². The number of unbranched alkanes of at least 4 members (excludes halogenated alkanes) is 5. The molecule has 1 aromatic carbocycles. The Morgan fingerprint density at radius 3 is 2.62 bits per heavy atom. The van der Waals surface area contributed by atoms with Crippen LogP contribution in [0.2, 0.25) is 0 Å². The van der Waals surface area contributed by atoms with Crippen LogP contribution in [0, 0.1) is 0 Å². The molecule has 0 aliphatic rings. The summed E-state index contributed by atoms with van der Waals surface area (Å²) in [5.74, 6) is -0.299. The lowest BCUT2D eigenvalue weighted by molar-refractivity contribution is -0.691. The number of hydrogen-bond donors (Lipinski definition) is 0. The highest BCUT2D eigenvalue weighted by Crippen LogP contribution is 2.06. The maximum atomic E-state index is 12.3. The zero-order chi connectivity index (χ0) is 17.0. The fraction of sp³-hybridized carbons (Fsp3) is 0.450. The number of ether oxygens (including phenoxy) is 1. The first kappa shape index (κ1) is 18.1. The van der Waals surface area contributed by atoms with Crippen molar-refractivity contribution < 1.29 is 14.1 Å². The smallest absolute Gasteiger partial charge is 0.405 e. The molecule has 0 fully saturated rings. The van der Waals surface area contributed by atoms with E-state index in [-0.39, 0.29) is 5.97 Å². The molecular formula is C20H27N2O2+. The fourth-order valence-corrected chi connectivity index (χ4v) is 2.60. The van der Waals surface area contributed by atoms with Gasteiger partial charge in [0.05, 0.1) is 12.8 Å². The average molecular weight is 327 g/mol. The van der Waals surface area contributed by atoms with Gasteiger partial charge in [-0.1, -0.05) is 69.4 Å². The number of nitrogens with zero attached hydrogens (tertiary/aromatic N) is 2. The second kappa shape index (κ2) is 10.5. The molecule has 2 rings (SSSR count). The van der Waals surface area contributed by atoms with Crippen LogP contribution in [0.5, 0.6) is 0 Å². The molecule has 128 valence electrons. The van der Waals surface area contributed by atoms with E-state index in [9.17, 15) is 4.79 Å². The van der Waals surface area contributed by atoms with E-state index < -0.39 is 0 Å². The van der Waals surface area contributed by atoms with E-state index in [1.54, 1.807) is 12.4 Å². The molecular weight excluding hydrogens is 300 g/mol. The Kier molecular flexibility index (Phi) is 7.94. The number of carbonyl (C=O) groups excluding carboxylic acids is 1. The van der Waals surface area contributed by atoms with Gasteiger partial charge in [0.25, 0.3) is 0 Å². The molecule has 0 unspecified atom stereocenters. The van der Waals surface area contributed by atoms with E-state index in [0.29, 0.717) is 18.8 Å². The monoisotopic (exact) mass is 327 g/mol. The van der Waals surface area contributed by atoms with Crippen molar-refractivity contribution in [1.82, 2.24) is 4.98 Å². The third kappa shape index (κ3) is 6.11. The molecule has 0 N–H and O–H groups in total. The quantitative estimate of drug-likeness (QED) is 0.377. The first-order chi connectivity index (χ1) is 11.8. The highest BCUT2D eigenvalue weighted by atomic mass is 16.5. The van der Waals surface area contributed by atoms with E-state index in [1.807, 2.05) is 41.1 Å². The Morgan fingerprint density at radius 1 is 1.08 bits per heavy atom.